The van der Waals surface area contributed by atoms with Gasteiger partial charge in [0.15, 0.2) is 0 Å². The van der Waals surface area contributed by atoms with Crippen LogP contribution in [0.4, 0.5) is 10.2 Å². The smallest absolute Gasteiger partial charge is 0.319 e. The molecule has 5 nitrogen and oxygen atoms in total. The summed E-state index contributed by atoms with van der Waals surface area (Å²) in [7, 11) is 0. The first-order chi connectivity index (χ1) is 15.0. The average Bonchev–Trinajstić information content (AvgIpc) is 3.13. The van der Waals surface area contributed by atoms with Gasteiger partial charge in [-0.2, -0.15) is 9.97 Å². The summed E-state index contributed by atoms with van der Waals surface area (Å²) in [6.07, 6.45) is 6.64. The number of anilines is 1. The number of fused-ring (bicyclic) bond motifs is 2. The van der Waals surface area contributed by atoms with Gasteiger partial charge in [-0.25, -0.2) is 4.39 Å². The van der Waals surface area contributed by atoms with Crippen LogP contribution < -0.4 is 9.64 Å². The zero-order valence-electron chi connectivity index (χ0n) is 18.0. The second kappa shape index (κ2) is 8.64. The highest BCUT2D eigenvalue weighted by atomic mass is 79.9. The number of benzene rings is 1. The lowest BCUT2D eigenvalue weighted by atomic mass is 9.95. The van der Waals surface area contributed by atoms with E-state index in [0.717, 1.165) is 72.1 Å². The van der Waals surface area contributed by atoms with Crippen molar-refractivity contribution in [3.8, 4) is 6.01 Å². The van der Waals surface area contributed by atoms with E-state index in [4.69, 9.17) is 26.3 Å². The van der Waals surface area contributed by atoms with Crippen LogP contribution in [0.5, 0.6) is 6.01 Å². The molecule has 1 aromatic carbocycles. The van der Waals surface area contributed by atoms with Gasteiger partial charge in [0.2, 0.25) is 0 Å². The molecule has 3 aliphatic rings. The van der Waals surface area contributed by atoms with E-state index < -0.39 is 6.17 Å². The summed E-state index contributed by atoms with van der Waals surface area (Å²) in [6, 6.07) is 2.34. The second-order valence-corrected chi connectivity index (χ2v) is 10.5. The second-order valence-electron chi connectivity index (χ2n) is 9.29. The van der Waals surface area contributed by atoms with Crippen molar-refractivity contribution in [1.82, 2.24) is 14.9 Å². The van der Waals surface area contributed by atoms with Crippen LogP contribution in [-0.2, 0) is 0 Å². The van der Waals surface area contributed by atoms with Gasteiger partial charge in [0, 0.05) is 35.9 Å². The van der Waals surface area contributed by atoms with Crippen LogP contribution in [0, 0.1) is 6.92 Å². The van der Waals surface area contributed by atoms with E-state index in [2.05, 4.69) is 25.7 Å². The summed E-state index contributed by atoms with van der Waals surface area (Å²) in [5, 5.41) is 1.63. The number of aryl methyl sites for hydroxylation is 1. The molecular weight excluding hydrogens is 483 g/mol. The van der Waals surface area contributed by atoms with Gasteiger partial charge >= 0.3 is 6.01 Å². The molecule has 4 heterocycles. The van der Waals surface area contributed by atoms with Crippen molar-refractivity contribution in [1.29, 1.82) is 0 Å². The summed E-state index contributed by atoms with van der Waals surface area (Å²) >= 11 is 10.1. The van der Waals surface area contributed by atoms with Crippen LogP contribution in [0.25, 0.3) is 10.9 Å². The Morgan fingerprint density at radius 3 is 2.74 bits per heavy atom. The number of hydrogen-bond acceptors (Lipinski definition) is 5. The first-order valence-electron chi connectivity index (χ1n) is 11.4. The van der Waals surface area contributed by atoms with Gasteiger partial charge in [0.1, 0.15) is 18.6 Å². The van der Waals surface area contributed by atoms with E-state index >= 15 is 0 Å². The van der Waals surface area contributed by atoms with Crippen molar-refractivity contribution in [2.24, 2.45) is 0 Å². The SMILES string of the molecule is Cc1c(Br)c(Cl)cc2c(N3CCCCCC3)nc(OC[C@@]34CCCN3C[C@H](F)C4)nc12. The Balaban J connectivity index is 1.52. The van der Waals surface area contributed by atoms with Gasteiger partial charge in [-0.1, -0.05) is 24.4 Å². The molecule has 0 saturated carbocycles. The van der Waals surface area contributed by atoms with Crippen molar-refractivity contribution < 1.29 is 9.13 Å². The molecule has 2 atom stereocenters. The van der Waals surface area contributed by atoms with E-state index in [1.165, 1.54) is 12.8 Å². The Kier molecular flexibility index (Phi) is 6.03. The minimum absolute atomic E-state index is 0.212. The lowest BCUT2D eigenvalue weighted by molar-refractivity contribution is 0.107. The topological polar surface area (TPSA) is 41.5 Å². The Morgan fingerprint density at radius 2 is 1.97 bits per heavy atom. The third-order valence-electron chi connectivity index (χ3n) is 7.21. The molecule has 1 aromatic heterocycles. The maximum Gasteiger partial charge on any atom is 0.319 e. The summed E-state index contributed by atoms with van der Waals surface area (Å²) < 4.78 is 21.2. The van der Waals surface area contributed by atoms with Crippen LogP contribution in [0.15, 0.2) is 10.5 Å². The molecule has 3 saturated heterocycles. The van der Waals surface area contributed by atoms with Crippen LogP contribution in [0.3, 0.4) is 0 Å². The minimum Gasteiger partial charge on any atom is -0.461 e. The van der Waals surface area contributed by atoms with Gasteiger partial charge in [0.05, 0.1) is 16.1 Å². The molecule has 0 aliphatic carbocycles. The van der Waals surface area contributed by atoms with Crippen molar-refractivity contribution in [2.75, 3.05) is 37.7 Å². The molecule has 0 spiro atoms. The third kappa shape index (κ3) is 4.02. The average molecular weight is 512 g/mol. The van der Waals surface area contributed by atoms with E-state index in [0.29, 0.717) is 30.6 Å². The van der Waals surface area contributed by atoms with Crippen molar-refractivity contribution in [3.63, 3.8) is 0 Å². The predicted octanol–water partition coefficient (Wildman–Crippen LogP) is 5.69. The zero-order chi connectivity index (χ0) is 21.6. The van der Waals surface area contributed by atoms with Crippen LogP contribution in [0.2, 0.25) is 5.02 Å². The highest BCUT2D eigenvalue weighted by Crippen LogP contribution is 2.41. The maximum atomic E-state index is 14.2. The molecule has 3 fully saturated rings. The van der Waals surface area contributed by atoms with E-state index in [1.54, 1.807) is 0 Å². The number of alkyl halides is 1. The lowest BCUT2D eigenvalue weighted by Crippen LogP contribution is -2.43. The lowest BCUT2D eigenvalue weighted by Gasteiger charge is -2.31. The zero-order valence-corrected chi connectivity index (χ0v) is 20.3. The van der Waals surface area contributed by atoms with Crippen molar-refractivity contribution in [3.05, 3.63) is 21.1 Å². The molecule has 168 valence electrons. The fraction of sp³-hybridized carbons (Fsp3) is 0.652. The van der Waals surface area contributed by atoms with Crippen molar-refractivity contribution in [2.45, 2.75) is 63.6 Å². The van der Waals surface area contributed by atoms with Gasteiger partial charge in [-0.3, -0.25) is 4.90 Å². The number of rotatable bonds is 4. The standard InChI is InChI=1S/C23H29BrClFN4O/c1-15-19(24)18(25)11-17-20(15)27-22(28-21(17)29-8-4-2-3-5-9-29)31-14-23-7-6-10-30(23)13-16(26)12-23/h11,16H,2-10,12-14H2,1H3/t16-,23+/m1/s1. The summed E-state index contributed by atoms with van der Waals surface area (Å²) in [5.41, 5.74) is 1.63. The molecule has 31 heavy (non-hydrogen) atoms. The summed E-state index contributed by atoms with van der Waals surface area (Å²) in [4.78, 5) is 14.3. The van der Waals surface area contributed by atoms with Gasteiger partial charge in [0.25, 0.3) is 0 Å². The van der Waals surface area contributed by atoms with Crippen LogP contribution >= 0.6 is 27.5 Å². The normalized spacial score (nSPS) is 27.0. The Morgan fingerprint density at radius 1 is 1.19 bits per heavy atom. The molecule has 3 aliphatic heterocycles. The molecule has 0 amide bonds. The van der Waals surface area contributed by atoms with Gasteiger partial charge in [-0.15, -0.1) is 0 Å². The Labute approximate surface area is 196 Å². The first-order valence-corrected chi connectivity index (χ1v) is 12.6. The molecular formula is C23H29BrClFN4O. The minimum atomic E-state index is -0.769. The molecule has 0 N–H and O–H groups in total. The maximum absolute atomic E-state index is 14.2. The summed E-state index contributed by atoms with van der Waals surface area (Å²) in [5.74, 6) is 0.898. The van der Waals surface area contributed by atoms with Crippen LogP contribution in [-0.4, -0.2) is 59.4 Å². The molecule has 0 radical (unpaired) electrons. The monoisotopic (exact) mass is 510 g/mol. The Bertz CT molecular complexity index is 984. The van der Waals surface area contributed by atoms with Gasteiger partial charge in [-0.05, 0) is 66.7 Å². The third-order valence-corrected chi connectivity index (χ3v) is 8.75. The fourth-order valence-electron chi connectivity index (χ4n) is 5.57. The van der Waals surface area contributed by atoms with Gasteiger partial charge < -0.3 is 9.64 Å². The number of halogens is 3. The highest BCUT2D eigenvalue weighted by Gasteiger charge is 2.49. The van der Waals surface area contributed by atoms with Crippen LogP contribution in [0.1, 0.15) is 50.5 Å². The number of hydrogen-bond donors (Lipinski definition) is 0. The van der Waals surface area contributed by atoms with E-state index in [9.17, 15) is 4.39 Å². The molecule has 2 aromatic rings. The van der Waals surface area contributed by atoms with Crippen molar-refractivity contribution >= 4 is 44.3 Å². The highest BCUT2D eigenvalue weighted by molar-refractivity contribution is 9.10. The molecule has 0 bridgehead atoms. The Hall–Kier alpha value is -1.18. The summed E-state index contributed by atoms with van der Waals surface area (Å²) in [6.45, 7) is 5.87. The quantitative estimate of drug-likeness (QED) is 0.527. The van der Waals surface area contributed by atoms with E-state index in [1.807, 2.05) is 13.0 Å². The number of aromatic nitrogens is 2. The number of nitrogens with zero attached hydrogens (tertiary/aromatic N) is 4. The number of ether oxygens (including phenoxy) is 1. The molecule has 8 heteroatoms. The molecule has 5 rings (SSSR count). The molecule has 0 unspecified atom stereocenters. The van der Waals surface area contributed by atoms with E-state index in [-0.39, 0.29) is 5.54 Å². The first kappa shape index (κ1) is 21.7. The fourth-order valence-corrected chi connectivity index (χ4v) is 6.12. The predicted molar refractivity (Wildman–Crippen MR) is 126 cm³/mol. The largest absolute Gasteiger partial charge is 0.461 e.